The maximum atomic E-state index is 9.50. The molecule has 24 heavy (non-hydrogen) atoms. The van der Waals surface area contributed by atoms with Crippen LogP contribution >= 0.6 is 8.60 Å². The van der Waals surface area contributed by atoms with Crippen molar-refractivity contribution in [1.82, 2.24) is 0 Å². The van der Waals surface area contributed by atoms with Crippen LogP contribution in [0.25, 0.3) is 0 Å². The van der Waals surface area contributed by atoms with Crippen molar-refractivity contribution in [2.24, 2.45) is 0 Å². The predicted molar refractivity (Wildman–Crippen MR) is 94.4 cm³/mol. The summed E-state index contributed by atoms with van der Waals surface area (Å²) >= 11 is 0. The Labute approximate surface area is 145 Å². The predicted octanol–water partition coefficient (Wildman–Crippen LogP) is 2.10. The van der Waals surface area contributed by atoms with Gasteiger partial charge in [0.05, 0.1) is 0 Å². The fraction of sp³-hybridized carbons (Fsp3) is 0.250. The zero-order chi connectivity index (χ0) is 17.6. The van der Waals surface area contributed by atoms with E-state index in [1.807, 2.05) is 12.1 Å². The van der Waals surface area contributed by atoms with Crippen LogP contribution in [0, 0.1) is 0 Å². The SMILES string of the molecule is CC(C)(O[SiH3])C(Oc1ccccc1)(Oc1ccccc1)OP(O)O. The first kappa shape index (κ1) is 18.9. The molecule has 0 fully saturated rings. The number of benzene rings is 2. The van der Waals surface area contributed by atoms with Crippen molar-refractivity contribution in [1.29, 1.82) is 0 Å². The molecule has 0 radical (unpaired) electrons. The monoisotopic (exact) mass is 368 g/mol. The molecule has 0 aliphatic carbocycles. The van der Waals surface area contributed by atoms with Gasteiger partial charge in [-0.1, -0.05) is 36.4 Å². The van der Waals surface area contributed by atoms with Crippen LogP contribution < -0.4 is 9.47 Å². The molecule has 0 heterocycles. The molecule has 0 bridgehead atoms. The first-order valence-corrected chi connectivity index (χ1v) is 9.27. The van der Waals surface area contributed by atoms with E-state index in [0.29, 0.717) is 22.0 Å². The van der Waals surface area contributed by atoms with Crippen molar-refractivity contribution in [3.8, 4) is 11.5 Å². The Morgan fingerprint density at radius 3 is 1.58 bits per heavy atom. The van der Waals surface area contributed by atoms with Crippen LogP contribution in [0.1, 0.15) is 13.8 Å². The van der Waals surface area contributed by atoms with Gasteiger partial charge in [-0.25, -0.2) is 4.52 Å². The maximum Gasteiger partial charge on any atom is 0.407 e. The van der Waals surface area contributed by atoms with Crippen LogP contribution in [-0.4, -0.2) is 31.8 Å². The third-order valence-electron chi connectivity index (χ3n) is 3.44. The number of ether oxygens (including phenoxy) is 2. The van der Waals surface area contributed by atoms with E-state index in [-0.39, 0.29) is 0 Å². The topological polar surface area (TPSA) is 77.4 Å². The fourth-order valence-electron chi connectivity index (χ4n) is 1.93. The third-order valence-corrected chi connectivity index (χ3v) is 4.86. The molecule has 6 nitrogen and oxygen atoms in total. The van der Waals surface area contributed by atoms with E-state index in [0.717, 1.165) is 0 Å². The van der Waals surface area contributed by atoms with Gasteiger partial charge in [0.15, 0.2) is 5.60 Å². The highest BCUT2D eigenvalue weighted by molar-refractivity contribution is 7.39. The van der Waals surface area contributed by atoms with Crippen molar-refractivity contribution in [2.45, 2.75) is 25.4 Å². The highest BCUT2D eigenvalue weighted by Crippen LogP contribution is 2.42. The molecule has 0 atom stereocenters. The summed E-state index contributed by atoms with van der Waals surface area (Å²) in [5.41, 5.74) is -1.11. The van der Waals surface area contributed by atoms with Crippen molar-refractivity contribution in [2.75, 3.05) is 0 Å². The Morgan fingerprint density at radius 1 is 0.833 bits per heavy atom. The van der Waals surface area contributed by atoms with Crippen LogP contribution in [0.2, 0.25) is 0 Å². The Bertz CT molecular complexity index is 581. The average Bonchev–Trinajstić information content (AvgIpc) is 2.56. The minimum atomic E-state index is -2.77. The van der Waals surface area contributed by atoms with Crippen LogP contribution in [0.3, 0.4) is 0 Å². The highest BCUT2D eigenvalue weighted by Gasteiger charge is 2.55. The lowest BCUT2D eigenvalue weighted by Crippen LogP contribution is -2.61. The van der Waals surface area contributed by atoms with Crippen molar-refractivity contribution in [3.63, 3.8) is 0 Å². The molecule has 0 aromatic heterocycles. The van der Waals surface area contributed by atoms with Gasteiger partial charge in [-0.05, 0) is 38.1 Å². The van der Waals surface area contributed by atoms with Crippen molar-refractivity contribution in [3.05, 3.63) is 60.7 Å². The first-order valence-electron chi connectivity index (χ1n) is 7.29. The van der Waals surface area contributed by atoms with Crippen LogP contribution in [0.15, 0.2) is 60.7 Å². The lowest BCUT2D eigenvalue weighted by Gasteiger charge is -2.43. The summed E-state index contributed by atoms with van der Waals surface area (Å²) < 4.78 is 22.8. The molecule has 0 saturated heterocycles. The van der Waals surface area contributed by atoms with E-state index in [1.165, 1.54) is 0 Å². The molecule has 2 rings (SSSR count). The lowest BCUT2D eigenvalue weighted by molar-refractivity contribution is -0.327. The summed E-state index contributed by atoms with van der Waals surface area (Å²) in [6.07, 6.45) is 0. The molecular weight excluding hydrogens is 347 g/mol. The Kier molecular flexibility index (Phi) is 6.34. The molecule has 2 N–H and O–H groups in total. The number of hydrogen-bond donors (Lipinski definition) is 2. The summed E-state index contributed by atoms with van der Waals surface area (Å²) in [4.78, 5) is 19.0. The molecule has 0 saturated carbocycles. The second kappa shape index (κ2) is 8.07. The number of para-hydroxylation sites is 2. The zero-order valence-corrected chi connectivity index (χ0v) is 16.6. The van der Waals surface area contributed by atoms with Gasteiger partial charge in [-0.2, -0.15) is 0 Å². The largest absolute Gasteiger partial charge is 0.428 e. The molecular formula is C16H21O6PSi. The molecule has 0 amide bonds. The van der Waals surface area contributed by atoms with Crippen molar-refractivity contribution < 1.29 is 28.2 Å². The second-order valence-electron chi connectivity index (χ2n) is 5.44. The number of rotatable bonds is 8. The average molecular weight is 368 g/mol. The third kappa shape index (κ3) is 4.54. The summed E-state index contributed by atoms with van der Waals surface area (Å²) in [7, 11) is -2.40. The van der Waals surface area contributed by atoms with Gasteiger partial charge in [-0.3, -0.25) is 0 Å². The molecule has 0 spiro atoms. The molecule has 0 aliphatic heterocycles. The van der Waals surface area contributed by atoms with E-state index in [1.54, 1.807) is 62.4 Å². The van der Waals surface area contributed by atoms with Gasteiger partial charge >= 0.3 is 14.6 Å². The molecule has 130 valence electrons. The van der Waals surface area contributed by atoms with Crippen LogP contribution in [-0.2, 0) is 8.95 Å². The first-order chi connectivity index (χ1) is 11.4. The Balaban J connectivity index is 2.46. The van der Waals surface area contributed by atoms with Crippen LogP contribution in [0.4, 0.5) is 0 Å². The quantitative estimate of drug-likeness (QED) is 0.422. The zero-order valence-electron chi connectivity index (χ0n) is 13.7. The standard InChI is InChI=1S/C16H21O6PSi/c1-15(2,22-24)16(21-23(17)18,19-13-9-5-3-6-10-13)20-14-11-7-4-8-12-14/h3-12,17-18H,1-2,24H3. The van der Waals surface area contributed by atoms with Gasteiger partial charge in [0, 0.05) is 0 Å². The summed E-state index contributed by atoms with van der Waals surface area (Å²) in [6, 6.07) is 17.7. The van der Waals surface area contributed by atoms with E-state index >= 15 is 0 Å². The smallest absolute Gasteiger partial charge is 0.407 e. The van der Waals surface area contributed by atoms with Gasteiger partial charge in [0.2, 0.25) is 0 Å². The number of hydrogen-bond acceptors (Lipinski definition) is 6. The lowest BCUT2D eigenvalue weighted by atomic mass is 10.1. The molecule has 0 aliphatic rings. The fourth-order valence-corrected chi connectivity index (χ4v) is 2.69. The van der Waals surface area contributed by atoms with Gasteiger partial charge in [0.1, 0.15) is 22.0 Å². The minimum absolute atomic E-state index is 0.366. The van der Waals surface area contributed by atoms with E-state index in [2.05, 4.69) is 0 Å². The second-order valence-corrected chi connectivity index (χ2v) is 6.54. The van der Waals surface area contributed by atoms with Gasteiger partial charge in [0.25, 0.3) is 0 Å². The molecule has 2 aromatic carbocycles. The summed E-state index contributed by atoms with van der Waals surface area (Å²) in [5.74, 6) is -0.999. The van der Waals surface area contributed by atoms with Gasteiger partial charge < -0.3 is 23.7 Å². The van der Waals surface area contributed by atoms with E-state index in [4.69, 9.17) is 18.4 Å². The summed E-state index contributed by atoms with van der Waals surface area (Å²) in [6.45, 7) is 3.40. The molecule has 2 aromatic rings. The highest BCUT2D eigenvalue weighted by atomic mass is 31.2. The molecule has 0 unspecified atom stereocenters. The van der Waals surface area contributed by atoms with Gasteiger partial charge in [-0.15, -0.1) is 0 Å². The minimum Gasteiger partial charge on any atom is -0.428 e. The van der Waals surface area contributed by atoms with Crippen LogP contribution in [0.5, 0.6) is 11.5 Å². The Hall–Kier alpha value is -1.47. The van der Waals surface area contributed by atoms with E-state index < -0.39 is 20.2 Å². The normalized spacial score (nSPS) is 12.4. The van der Waals surface area contributed by atoms with Crippen molar-refractivity contribution >= 4 is 19.1 Å². The molecule has 8 heteroatoms. The Morgan fingerprint density at radius 2 is 1.25 bits per heavy atom. The maximum absolute atomic E-state index is 9.50. The summed E-state index contributed by atoms with van der Waals surface area (Å²) in [5, 5.41) is 0. The van der Waals surface area contributed by atoms with E-state index in [9.17, 15) is 9.79 Å².